The van der Waals surface area contributed by atoms with Crippen molar-refractivity contribution in [2.24, 2.45) is 5.10 Å². The zero-order valence-corrected chi connectivity index (χ0v) is 19.0. The average Bonchev–Trinajstić information content (AvgIpc) is 2.78. The van der Waals surface area contributed by atoms with E-state index >= 15 is 0 Å². The largest absolute Gasteiger partial charge is 0.493 e. The van der Waals surface area contributed by atoms with E-state index in [-0.39, 0.29) is 12.5 Å². The van der Waals surface area contributed by atoms with Gasteiger partial charge in [0, 0.05) is 0 Å². The van der Waals surface area contributed by atoms with Gasteiger partial charge >= 0.3 is 0 Å². The van der Waals surface area contributed by atoms with Crippen LogP contribution in [-0.2, 0) is 4.79 Å². The third-order valence-corrected chi connectivity index (χ3v) is 4.76. The molecule has 0 aromatic heterocycles. The molecule has 0 aliphatic rings. The number of benzene rings is 2. The molecule has 0 heterocycles. The summed E-state index contributed by atoms with van der Waals surface area (Å²) in [6.45, 7) is 7.01. The highest BCUT2D eigenvalue weighted by molar-refractivity contribution is 5.83. The lowest BCUT2D eigenvalue weighted by Gasteiger charge is -2.11. The van der Waals surface area contributed by atoms with Crippen LogP contribution in [0.4, 0.5) is 0 Å². The lowest BCUT2D eigenvalue weighted by molar-refractivity contribution is -0.123. The summed E-state index contributed by atoms with van der Waals surface area (Å²) in [4.78, 5) is 12.0. The zero-order valence-electron chi connectivity index (χ0n) is 19.0. The van der Waals surface area contributed by atoms with Gasteiger partial charge in [-0.15, -0.1) is 0 Å². The Morgan fingerprint density at radius 1 is 1.03 bits per heavy atom. The van der Waals surface area contributed by atoms with Crippen LogP contribution in [0.3, 0.4) is 0 Å². The van der Waals surface area contributed by atoms with E-state index in [1.165, 1.54) is 18.4 Å². The molecule has 0 fully saturated rings. The first-order valence-corrected chi connectivity index (χ1v) is 10.9. The second kappa shape index (κ2) is 13.3. The molecule has 0 aliphatic heterocycles. The SMILES string of the molecule is CCCCCCOc1ccc(/C=N/NC(=O)COc2ccc(C(C)C)cc2)cc1OC. The molecule has 0 radical (unpaired) electrons. The summed E-state index contributed by atoms with van der Waals surface area (Å²) in [5.41, 5.74) is 4.49. The molecule has 2 rings (SSSR count). The van der Waals surface area contributed by atoms with Crippen molar-refractivity contribution in [2.75, 3.05) is 20.3 Å². The van der Waals surface area contributed by atoms with Gasteiger partial charge in [-0.2, -0.15) is 5.10 Å². The molecule has 0 unspecified atom stereocenters. The summed E-state index contributed by atoms with van der Waals surface area (Å²) in [6.07, 6.45) is 6.16. The van der Waals surface area contributed by atoms with Gasteiger partial charge in [0.05, 0.1) is 19.9 Å². The molecule has 6 heteroatoms. The van der Waals surface area contributed by atoms with Crippen molar-refractivity contribution in [1.29, 1.82) is 0 Å². The van der Waals surface area contributed by atoms with Crippen molar-refractivity contribution in [3.63, 3.8) is 0 Å². The number of rotatable bonds is 13. The first-order valence-electron chi connectivity index (χ1n) is 10.9. The van der Waals surface area contributed by atoms with Gasteiger partial charge in [-0.25, -0.2) is 5.43 Å². The van der Waals surface area contributed by atoms with Gasteiger partial charge in [0.2, 0.25) is 0 Å². The first-order chi connectivity index (χ1) is 15.0. The van der Waals surface area contributed by atoms with Gasteiger partial charge in [-0.3, -0.25) is 4.79 Å². The fourth-order valence-electron chi connectivity index (χ4n) is 2.90. The van der Waals surface area contributed by atoms with Crippen LogP contribution in [-0.4, -0.2) is 32.4 Å². The summed E-state index contributed by atoms with van der Waals surface area (Å²) >= 11 is 0. The minimum Gasteiger partial charge on any atom is -0.493 e. The number of nitrogens with zero attached hydrogens (tertiary/aromatic N) is 1. The monoisotopic (exact) mass is 426 g/mol. The van der Waals surface area contributed by atoms with Crippen LogP contribution < -0.4 is 19.6 Å². The Labute approximate surface area is 185 Å². The zero-order chi connectivity index (χ0) is 22.5. The second-order valence-electron chi connectivity index (χ2n) is 7.63. The number of nitrogens with one attached hydrogen (secondary N) is 1. The van der Waals surface area contributed by atoms with Crippen molar-refractivity contribution in [2.45, 2.75) is 52.4 Å². The Kier molecular flexibility index (Phi) is 10.4. The summed E-state index contributed by atoms with van der Waals surface area (Å²) in [7, 11) is 1.60. The van der Waals surface area contributed by atoms with E-state index in [1.54, 1.807) is 13.3 Å². The predicted molar refractivity (Wildman–Crippen MR) is 124 cm³/mol. The maximum absolute atomic E-state index is 12.0. The van der Waals surface area contributed by atoms with Crippen LogP contribution in [0, 0.1) is 0 Å². The molecule has 0 saturated carbocycles. The lowest BCUT2D eigenvalue weighted by Crippen LogP contribution is -2.24. The number of ether oxygens (including phenoxy) is 3. The van der Waals surface area contributed by atoms with E-state index in [4.69, 9.17) is 14.2 Å². The van der Waals surface area contributed by atoms with Crippen molar-refractivity contribution < 1.29 is 19.0 Å². The molecule has 6 nitrogen and oxygen atoms in total. The minimum atomic E-state index is -0.330. The maximum Gasteiger partial charge on any atom is 0.277 e. The van der Waals surface area contributed by atoms with Crippen LogP contribution in [0.2, 0.25) is 0 Å². The Morgan fingerprint density at radius 3 is 2.48 bits per heavy atom. The molecular weight excluding hydrogens is 392 g/mol. The normalized spacial score (nSPS) is 11.0. The summed E-state index contributed by atoms with van der Waals surface area (Å²) < 4.78 is 16.7. The molecule has 31 heavy (non-hydrogen) atoms. The molecule has 0 atom stereocenters. The molecular formula is C25H34N2O4. The highest BCUT2D eigenvalue weighted by Crippen LogP contribution is 2.27. The third-order valence-electron chi connectivity index (χ3n) is 4.76. The quantitative estimate of drug-likeness (QED) is 0.268. The average molecular weight is 427 g/mol. The number of amides is 1. The number of hydrazone groups is 1. The van der Waals surface area contributed by atoms with E-state index in [2.05, 4.69) is 31.3 Å². The molecule has 1 N–H and O–H groups in total. The summed E-state index contributed by atoms with van der Waals surface area (Å²) in [5, 5.41) is 3.99. The Bertz CT molecular complexity index is 832. The predicted octanol–water partition coefficient (Wildman–Crippen LogP) is 5.31. The highest BCUT2D eigenvalue weighted by Gasteiger charge is 2.06. The molecule has 1 amide bonds. The molecule has 0 saturated heterocycles. The highest BCUT2D eigenvalue weighted by atomic mass is 16.5. The second-order valence-corrected chi connectivity index (χ2v) is 7.63. The molecule has 2 aromatic carbocycles. The first kappa shape index (κ1) is 24.3. The van der Waals surface area contributed by atoms with E-state index in [0.29, 0.717) is 29.8 Å². The maximum atomic E-state index is 12.0. The Hall–Kier alpha value is -3.02. The van der Waals surface area contributed by atoms with Crippen molar-refractivity contribution in [3.8, 4) is 17.2 Å². The van der Waals surface area contributed by atoms with Crippen molar-refractivity contribution in [3.05, 3.63) is 53.6 Å². The topological polar surface area (TPSA) is 69.2 Å². The number of hydrogen-bond donors (Lipinski definition) is 1. The number of carbonyl (C=O) groups is 1. The number of hydrogen-bond acceptors (Lipinski definition) is 5. The van der Waals surface area contributed by atoms with E-state index in [0.717, 1.165) is 18.4 Å². The Morgan fingerprint density at radius 2 is 1.81 bits per heavy atom. The molecule has 0 aliphatic carbocycles. The van der Waals surface area contributed by atoms with Crippen molar-refractivity contribution >= 4 is 12.1 Å². The molecule has 0 bridgehead atoms. The Balaban J connectivity index is 1.79. The van der Waals surface area contributed by atoms with Gasteiger partial charge in [-0.1, -0.05) is 52.2 Å². The standard InChI is InChI=1S/C25H34N2O4/c1-5-6-7-8-15-30-23-14-9-20(16-24(23)29-4)17-26-27-25(28)18-31-22-12-10-21(11-13-22)19(2)3/h9-14,16-17,19H,5-8,15,18H2,1-4H3,(H,27,28)/b26-17+. The van der Waals surface area contributed by atoms with Gasteiger partial charge in [0.25, 0.3) is 5.91 Å². The fourth-order valence-corrected chi connectivity index (χ4v) is 2.90. The van der Waals surface area contributed by atoms with Crippen LogP contribution in [0.5, 0.6) is 17.2 Å². The molecule has 2 aromatic rings. The summed E-state index contributed by atoms with van der Waals surface area (Å²) in [5.74, 6) is 2.12. The smallest absolute Gasteiger partial charge is 0.277 e. The fraction of sp³-hybridized carbons (Fsp3) is 0.440. The van der Waals surface area contributed by atoms with Crippen molar-refractivity contribution in [1.82, 2.24) is 5.43 Å². The number of unbranched alkanes of at least 4 members (excludes halogenated alkanes) is 3. The number of carbonyl (C=O) groups excluding carboxylic acids is 1. The van der Waals surface area contributed by atoms with E-state index < -0.39 is 0 Å². The van der Waals surface area contributed by atoms with Gasteiger partial charge in [0.1, 0.15) is 5.75 Å². The molecule has 0 spiro atoms. The minimum absolute atomic E-state index is 0.105. The van der Waals surface area contributed by atoms with Gasteiger partial charge in [-0.05, 0) is 53.8 Å². The summed E-state index contributed by atoms with van der Waals surface area (Å²) in [6, 6.07) is 13.3. The van der Waals surface area contributed by atoms with Crippen LogP contribution in [0.15, 0.2) is 47.6 Å². The van der Waals surface area contributed by atoms with E-state index in [1.807, 2.05) is 42.5 Å². The molecule has 168 valence electrons. The van der Waals surface area contributed by atoms with Gasteiger partial charge in [0.15, 0.2) is 18.1 Å². The van der Waals surface area contributed by atoms with Crippen LogP contribution in [0.25, 0.3) is 0 Å². The van der Waals surface area contributed by atoms with Crippen LogP contribution in [0.1, 0.15) is 63.5 Å². The number of methoxy groups -OCH3 is 1. The third kappa shape index (κ3) is 8.70. The lowest BCUT2D eigenvalue weighted by atomic mass is 10.0. The van der Waals surface area contributed by atoms with E-state index in [9.17, 15) is 4.79 Å². The van der Waals surface area contributed by atoms with Gasteiger partial charge < -0.3 is 14.2 Å². The van der Waals surface area contributed by atoms with Crippen LogP contribution >= 0.6 is 0 Å².